The molecule has 0 aliphatic heterocycles. The Hall–Kier alpha value is -0.570. The molecule has 0 fully saturated rings. The van der Waals surface area contributed by atoms with Gasteiger partial charge in [0.1, 0.15) is 0 Å². The lowest BCUT2D eigenvalue weighted by Crippen LogP contribution is -2.33. The van der Waals surface area contributed by atoms with E-state index in [1.165, 1.54) is 19.3 Å². The standard InChI is InChI=1S/C14H30N2O/c1-5-6-7-9-13(4)16-14(17)10-8-11-15-12(2)3/h12-13,15H,5-11H2,1-4H3,(H,16,17). The number of carbonyl (C=O) groups is 1. The van der Waals surface area contributed by atoms with Crippen molar-refractivity contribution in [2.75, 3.05) is 6.54 Å². The molecular formula is C14H30N2O. The molecule has 1 atom stereocenters. The van der Waals surface area contributed by atoms with Gasteiger partial charge in [0.25, 0.3) is 0 Å². The topological polar surface area (TPSA) is 41.1 Å². The SMILES string of the molecule is CCCCCC(C)NC(=O)CCCNC(C)C. The summed E-state index contributed by atoms with van der Waals surface area (Å²) in [6.45, 7) is 9.46. The molecule has 0 aliphatic carbocycles. The zero-order valence-electron chi connectivity index (χ0n) is 12.0. The van der Waals surface area contributed by atoms with Gasteiger partial charge in [0.15, 0.2) is 0 Å². The normalized spacial score (nSPS) is 12.8. The minimum atomic E-state index is 0.194. The van der Waals surface area contributed by atoms with Crippen LogP contribution in [0.1, 0.15) is 66.2 Å². The number of carbonyl (C=O) groups excluding carboxylic acids is 1. The summed E-state index contributed by atoms with van der Waals surface area (Å²) in [7, 11) is 0. The Labute approximate surface area is 107 Å². The highest BCUT2D eigenvalue weighted by atomic mass is 16.1. The Balaban J connectivity index is 3.44. The van der Waals surface area contributed by atoms with Crippen molar-refractivity contribution < 1.29 is 4.79 Å². The lowest BCUT2D eigenvalue weighted by Gasteiger charge is -2.14. The van der Waals surface area contributed by atoms with Gasteiger partial charge in [0, 0.05) is 18.5 Å². The molecule has 0 saturated heterocycles. The monoisotopic (exact) mass is 242 g/mol. The maximum absolute atomic E-state index is 11.6. The summed E-state index contributed by atoms with van der Waals surface area (Å²) < 4.78 is 0. The average Bonchev–Trinajstić information content (AvgIpc) is 2.24. The van der Waals surface area contributed by atoms with Crippen molar-refractivity contribution in [3.8, 4) is 0 Å². The summed E-state index contributed by atoms with van der Waals surface area (Å²) >= 11 is 0. The number of nitrogens with one attached hydrogen (secondary N) is 2. The van der Waals surface area contributed by atoms with E-state index in [2.05, 4.69) is 38.3 Å². The van der Waals surface area contributed by atoms with E-state index in [1.54, 1.807) is 0 Å². The van der Waals surface area contributed by atoms with Crippen LogP contribution in [0.5, 0.6) is 0 Å². The summed E-state index contributed by atoms with van der Waals surface area (Å²) in [6.07, 6.45) is 6.38. The Morgan fingerprint density at radius 1 is 1.12 bits per heavy atom. The smallest absolute Gasteiger partial charge is 0.220 e. The lowest BCUT2D eigenvalue weighted by molar-refractivity contribution is -0.121. The van der Waals surface area contributed by atoms with Crippen LogP contribution in [-0.4, -0.2) is 24.5 Å². The van der Waals surface area contributed by atoms with E-state index in [0.29, 0.717) is 18.5 Å². The molecule has 1 amide bonds. The van der Waals surface area contributed by atoms with E-state index in [9.17, 15) is 4.79 Å². The summed E-state index contributed by atoms with van der Waals surface area (Å²) in [5.74, 6) is 0.194. The Kier molecular flexibility index (Phi) is 10.2. The molecule has 0 spiro atoms. The van der Waals surface area contributed by atoms with Gasteiger partial charge in [-0.25, -0.2) is 0 Å². The van der Waals surface area contributed by atoms with Crippen molar-refractivity contribution in [3.63, 3.8) is 0 Å². The summed E-state index contributed by atoms with van der Waals surface area (Å²) in [6, 6.07) is 0.832. The van der Waals surface area contributed by atoms with Gasteiger partial charge in [-0.05, 0) is 26.3 Å². The van der Waals surface area contributed by atoms with Crippen LogP contribution < -0.4 is 10.6 Å². The molecule has 0 aromatic carbocycles. The number of rotatable bonds is 10. The molecule has 3 nitrogen and oxygen atoms in total. The largest absolute Gasteiger partial charge is 0.354 e. The van der Waals surface area contributed by atoms with Gasteiger partial charge < -0.3 is 10.6 Å². The summed E-state index contributed by atoms with van der Waals surface area (Å²) in [5, 5.41) is 6.38. The van der Waals surface area contributed by atoms with Gasteiger partial charge >= 0.3 is 0 Å². The average molecular weight is 242 g/mol. The van der Waals surface area contributed by atoms with Crippen molar-refractivity contribution >= 4 is 5.91 Å². The Morgan fingerprint density at radius 2 is 1.82 bits per heavy atom. The van der Waals surface area contributed by atoms with E-state index >= 15 is 0 Å². The molecule has 0 rings (SSSR count). The Bertz CT molecular complexity index is 193. The fraction of sp³-hybridized carbons (Fsp3) is 0.929. The van der Waals surface area contributed by atoms with Crippen LogP contribution in [0.4, 0.5) is 0 Å². The number of hydrogen-bond donors (Lipinski definition) is 2. The van der Waals surface area contributed by atoms with Gasteiger partial charge in [-0.2, -0.15) is 0 Å². The van der Waals surface area contributed by atoms with Gasteiger partial charge in [-0.3, -0.25) is 4.79 Å². The third kappa shape index (κ3) is 11.7. The van der Waals surface area contributed by atoms with Crippen molar-refractivity contribution in [2.45, 2.75) is 78.3 Å². The summed E-state index contributed by atoms with van der Waals surface area (Å²) in [4.78, 5) is 11.6. The van der Waals surface area contributed by atoms with E-state index < -0.39 is 0 Å². The van der Waals surface area contributed by atoms with Gasteiger partial charge in [0.2, 0.25) is 5.91 Å². The second kappa shape index (κ2) is 10.6. The van der Waals surface area contributed by atoms with Crippen LogP contribution in [0.3, 0.4) is 0 Å². The lowest BCUT2D eigenvalue weighted by atomic mass is 10.1. The van der Waals surface area contributed by atoms with E-state index in [0.717, 1.165) is 19.4 Å². The number of amides is 1. The molecule has 102 valence electrons. The first-order valence-corrected chi connectivity index (χ1v) is 7.09. The molecule has 0 aromatic rings. The number of hydrogen-bond acceptors (Lipinski definition) is 2. The molecule has 0 radical (unpaired) electrons. The first-order valence-electron chi connectivity index (χ1n) is 7.09. The third-order valence-corrected chi connectivity index (χ3v) is 2.78. The van der Waals surface area contributed by atoms with E-state index in [-0.39, 0.29) is 5.91 Å². The zero-order valence-corrected chi connectivity index (χ0v) is 12.0. The minimum Gasteiger partial charge on any atom is -0.354 e. The predicted octanol–water partition coefficient (Wildman–Crippen LogP) is 2.85. The van der Waals surface area contributed by atoms with Gasteiger partial charge in [-0.1, -0.05) is 40.0 Å². The van der Waals surface area contributed by atoms with Crippen LogP contribution in [-0.2, 0) is 4.79 Å². The van der Waals surface area contributed by atoms with Gasteiger partial charge in [-0.15, -0.1) is 0 Å². The van der Waals surface area contributed by atoms with Crippen molar-refractivity contribution in [1.82, 2.24) is 10.6 Å². The fourth-order valence-electron chi connectivity index (χ4n) is 1.76. The van der Waals surface area contributed by atoms with Crippen LogP contribution >= 0.6 is 0 Å². The minimum absolute atomic E-state index is 0.194. The molecule has 0 bridgehead atoms. The highest BCUT2D eigenvalue weighted by molar-refractivity contribution is 5.76. The predicted molar refractivity (Wildman–Crippen MR) is 74.1 cm³/mol. The van der Waals surface area contributed by atoms with E-state index in [1.807, 2.05) is 0 Å². The molecule has 1 unspecified atom stereocenters. The van der Waals surface area contributed by atoms with Crippen molar-refractivity contribution in [2.24, 2.45) is 0 Å². The second-order valence-corrected chi connectivity index (χ2v) is 5.18. The van der Waals surface area contributed by atoms with E-state index in [4.69, 9.17) is 0 Å². The molecule has 0 saturated carbocycles. The molecule has 2 N–H and O–H groups in total. The second-order valence-electron chi connectivity index (χ2n) is 5.18. The number of unbranched alkanes of at least 4 members (excludes halogenated alkanes) is 2. The van der Waals surface area contributed by atoms with Crippen LogP contribution in [0.15, 0.2) is 0 Å². The first kappa shape index (κ1) is 16.4. The van der Waals surface area contributed by atoms with Crippen molar-refractivity contribution in [3.05, 3.63) is 0 Å². The maximum Gasteiger partial charge on any atom is 0.220 e. The Morgan fingerprint density at radius 3 is 2.41 bits per heavy atom. The van der Waals surface area contributed by atoms with Crippen LogP contribution in [0.2, 0.25) is 0 Å². The molecule has 0 aliphatic rings. The third-order valence-electron chi connectivity index (χ3n) is 2.78. The molecule has 0 aromatic heterocycles. The highest BCUT2D eigenvalue weighted by Gasteiger charge is 2.06. The maximum atomic E-state index is 11.6. The zero-order chi connectivity index (χ0) is 13.1. The quantitative estimate of drug-likeness (QED) is 0.578. The first-order chi connectivity index (χ1) is 8.06. The molecule has 3 heteroatoms. The van der Waals surface area contributed by atoms with Gasteiger partial charge in [0.05, 0.1) is 0 Å². The highest BCUT2D eigenvalue weighted by Crippen LogP contribution is 2.03. The van der Waals surface area contributed by atoms with Crippen LogP contribution in [0.25, 0.3) is 0 Å². The summed E-state index contributed by atoms with van der Waals surface area (Å²) in [5.41, 5.74) is 0. The van der Waals surface area contributed by atoms with Crippen molar-refractivity contribution in [1.29, 1.82) is 0 Å². The molecular weight excluding hydrogens is 212 g/mol. The fourth-order valence-corrected chi connectivity index (χ4v) is 1.76. The molecule has 17 heavy (non-hydrogen) atoms. The molecule has 0 heterocycles. The van der Waals surface area contributed by atoms with Crippen LogP contribution in [0, 0.1) is 0 Å².